The lowest BCUT2D eigenvalue weighted by molar-refractivity contribution is 0.762. The first-order valence-electron chi connectivity index (χ1n) is 4.62. The van der Waals surface area contributed by atoms with Crippen molar-refractivity contribution in [2.45, 2.75) is 13.5 Å². The van der Waals surface area contributed by atoms with Crippen molar-refractivity contribution >= 4 is 29.0 Å². The van der Waals surface area contributed by atoms with Crippen LogP contribution in [0.2, 0.25) is 0 Å². The average Bonchev–Trinajstić information content (AvgIpc) is 2.20. The predicted molar refractivity (Wildman–Crippen MR) is 65.5 cm³/mol. The number of nitrogens with zero attached hydrogens (tertiary/aromatic N) is 1. The number of para-hydroxylation sites is 1. The van der Waals surface area contributed by atoms with Crippen LogP contribution in [0.1, 0.15) is 6.92 Å². The first-order chi connectivity index (χ1) is 6.74. The maximum absolute atomic E-state index is 11.7. The van der Waals surface area contributed by atoms with E-state index in [0.717, 1.165) is 10.9 Å². The van der Waals surface area contributed by atoms with Gasteiger partial charge in [0.05, 0.1) is 11.2 Å². The summed E-state index contributed by atoms with van der Waals surface area (Å²) in [6.45, 7) is 2.58. The zero-order valence-corrected chi connectivity index (χ0v) is 9.25. The molecule has 2 rings (SSSR count). The van der Waals surface area contributed by atoms with Crippen molar-refractivity contribution in [3.8, 4) is 0 Å². The first kappa shape index (κ1) is 11.6. The third-order valence-corrected chi connectivity index (χ3v) is 2.35. The minimum Gasteiger partial charge on any atom is -0.394 e. The van der Waals surface area contributed by atoms with E-state index in [2.05, 4.69) is 0 Å². The van der Waals surface area contributed by atoms with Crippen LogP contribution in [0, 0.1) is 0 Å². The fourth-order valence-electron chi connectivity index (χ4n) is 1.66. The van der Waals surface area contributed by atoms with Gasteiger partial charge in [-0.05, 0) is 19.1 Å². The van der Waals surface area contributed by atoms with E-state index in [-0.39, 0.29) is 18.0 Å². The van der Waals surface area contributed by atoms with Crippen molar-refractivity contribution in [2.75, 3.05) is 5.73 Å². The molecule has 0 aliphatic heterocycles. The van der Waals surface area contributed by atoms with E-state index in [1.165, 1.54) is 0 Å². The monoisotopic (exact) mass is 224 g/mol. The predicted octanol–water partition coefficient (Wildman–Crippen LogP) is 2.03. The van der Waals surface area contributed by atoms with Crippen LogP contribution in [0.25, 0.3) is 10.9 Å². The molecule has 0 radical (unpaired) electrons. The Hall–Kier alpha value is -1.48. The maximum Gasteiger partial charge on any atom is 0.274 e. The van der Waals surface area contributed by atoms with E-state index in [0.29, 0.717) is 12.2 Å². The molecule has 2 N–H and O–H groups in total. The van der Waals surface area contributed by atoms with E-state index in [1.807, 2.05) is 31.2 Å². The highest BCUT2D eigenvalue weighted by molar-refractivity contribution is 5.85. The average molecular weight is 225 g/mol. The second-order valence-electron chi connectivity index (χ2n) is 3.21. The van der Waals surface area contributed by atoms with Crippen LogP contribution in [-0.4, -0.2) is 4.57 Å². The van der Waals surface area contributed by atoms with Crippen molar-refractivity contribution < 1.29 is 0 Å². The van der Waals surface area contributed by atoms with E-state index in [9.17, 15) is 4.79 Å². The minimum atomic E-state index is -0.105. The lowest BCUT2D eigenvalue weighted by Gasteiger charge is -2.08. The molecular weight excluding hydrogens is 212 g/mol. The Morgan fingerprint density at radius 3 is 2.67 bits per heavy atom. The smallest absolute Gasteiger partial charge is 0.274 e. The highest BCUT2D eigenvalue weighted by Crippen LogP contribution is 2.13. The third kappa shape index (κ3) is 1.83. The number of benzene rings is 1. The molecule has 0 unspecified atom stereocenters. The lowest BCUT2D eigenvalue weighted by Crippen LogP contribution is -2.22. The highest BCUT2D eigenvalue weighted by atomic mass is 35.5. The number of rotatable bonds is 1. The molecule has 0 aliphatic carbocycles. The molecule has 1 aromatic carbocycles. The van der Waals surface area contributed by atoms with Gasteiger partial charge in [0.25, 0.3) is 5.56 Å². The van der Waals surface area contributed by atoms with E-state index >= 15 is 0 Å². The molecule has 0 aliphatic rings. The van der Waals surface area contributed by atoms with Gasteiger partial charge in [-0.2, -0.15) is 0 Å². The van der Waals surface area contributed by atoms with Crippen molar-refractivity contribution in [1.29, 1.82) is 0 Å². The van der Waals surface area contributed by atoms with Crippen LogP contribution >= 0.6 is 12.4 Å². The van der Waals surface area contributed by atoms with E-state index in [1.54, 1.807) is 10.6 Å². The molecule has 4 heteroatoms. The fraction of sp³-hybridized carbons (Fsp3) is 0.182. The fourth-order valence-corrected chi connectivity index (χ4v) is 1.66. The summed E-state index contributed by atoms with van der Waals surface area (Å²) in [7, 11) is 0. The van der Waals surface area contributed by atoms with Crippen LogP contribution in [0.3, 0.4) is 0 Å². The second-order valence-corrected chi connectivity index (χ2v) is 3.21. The molecule has 80 valence electrons. The van der Waals surface area contributed by atoms with Gasteiger partial charge in [-0.3, -0.25) is 4.79 Å². The summed E-state index contributed by atoms with van der Waals surface area (Å²) in [5, 5.41) is 1.01. The van der Waals surface area contributed by atoms with Crippen LogP contribution in [0.15, 0.2) is 35.1 Å². The van der Waals surface area contributed by atoms with Crippen LogP contribution in [0.5, 0.6) is 0 Å². The van der Waals surface area contributed by atoms with Gasteiger partial charge >= 0.3 is 0 Å². The molecule has 0 bridgehead atoms. The van der Waals surface area contributed by atoms with Gasteiger partial charge in [0.2, 0.25) is 0 Å². The molecule has 3 nitrogen and oxygen atoms in total. The number of aryl methyl sites for hydroxylation is 1. The summed E-state index contributed by atoms with van der Waals surface area (Å²) in [6.07, 6.45) is 0. The molecule has 0 saturated carbocycles. The van der Waals surface area contributed by atoms with E-state index < -0.39 is 0 Å². The van der Waals surface area contributed by atoms with Crippen molar-refractivity contribution in [1.82, 2.24) is 4.57 Å². The van der Waals surface area contributed by atoms with Crippen molar-refractivity contribution in [2.24, 2.45) is 0 Å². The Kier molecular flexibility index (Phi) is 3.37. The molecule has 15 heavy (non-hydrogen) atoms. The number of aromatic nitrogens is 1. The standard InChI is InChI=1S/C11H12N2O.ClH/c1-2-13-10-6-4-3-5-8(10)7-9(12)11(13)14;/h3-7H,2,12H2,1H3;1H. The number of nitrogens with two attached hydrogens (primary N) is 1. The van der Waals surface area contributed by atoms with Gasteiger partial charge in [-0.25, -0.2) is 0 Å². The van der Waals surface area contributed by atoms with Crippen molar-refractivity contribution in [3.05, 3.63) is 40.7 Å². The number of nitrogen functional groups attached to an aromatic ring is 1. The number of hydrogen-bond donors (Lipinski definition) is 1. The zero-order valence-electron chi connectivity index (χ0n) is 8.43. The number of halogens is 1. The van der Waals surface area contributed by atoms with Gasteiger partial charge in [0.15, 0.2) is 0 Å². The number of anilines is 1. The van der Waals surface area contributed by atoms with Crippen LogP contribution in [0.4, 0.5) is 5.69 Å². The highest BCUT2D eigenvalue weighted by Gasteiger charge is 2.03. The minimum absolute atomic E-state index is 0. The molecule has 0 atom stereocenters. The summed E-state index contributed by atoms with van der Waals surface area (Å²) in [5.74, 6) is 0. The Morgan fingerprint density at radius 2 is 2.00 bits per heavy atom. The number of hydrogen-bond acceptors (Lipinski definition) is 2. The summed E-state index contributed by atoms with van der Waals surface area (Å²) in [6, 6.07) is 9.47. The van der Waals surface area contributed by atoms with Gasteiger partial charge in [-0.1, -0.05) is 18.2 Å². The Morgan fingerprint density at radius 1 is 1.33 bits per heavy atom. The largest absolute Gasteiger partial charge is 0.394 e. The van der Waals surface area contributed by atoms with E-state index in [4.69, 9.17) is 5.73 Å². The molecule has 0 spiro atoms. The Bertz CT molecular complexity index is 534. The zero-order chi connectivity index (χ0) is 10.1. The van der Waals surface area contributed by atoms with Crippen LogP contribution < -0.4 is 11.3 Å². The second kappa shape index (κ2) is 4.36. The molecule has 1 heterocycles. The Balaban J connectivity index is 0.00000112. The Labute approximate surface area is 93.9 Å². The molecule has 1 aromatic heterocycles. The molecule has 0 fully saturated rings. The van der Waals surface area contributed by atoms with Gasteiger partial charge < -0.3 is 10.3 Å². The summed E-state index contributed by atoms with van der Waals surface area (Å²) in [5.41, 5.74) is 6.77. The third-order valence-electron chi connectivity index (χ3n) is 2.35. The summed E-state index contributed by atoms with van der Waals surface area (Å²) in [4.78, 5) is 11.7. The molecule has 0 amide bonds. The molecule has 0 saturated heterocycles. The summed E-state index contributed by atoms with van der Waals surface area (Å²) < 4.78 is 1.69. The van der Waals surface area contributed by atoms with Gasteiger partial charge in [0, 0.05) is 11.9 Å². The molecule has 2 aromatic rings. The van der Waals surface area contributed by atoms with Gasteiger partial charge in [-0.15, -0.1) is 12.4 Å². The lowest BCUT2D eigenvalue weighted by atomic mass is 10.2. The molecular formula is C11H13ClN2O. The topological polar surface area (TPSA) is 48.0 Å². The normalized spacial score (nSPS) is 9.93. The van der Waals surface area contributed by atoms with Crippen molar-refractivity contribution in [3.63, 3.8) is 0 Å². The number of fused-ring (bicyclic) bond motifs is 1. The van der Waals surface area contributed by atoms with Gasteiger partial charge in [0.1, 0.15) is 0 Å². The SMILES string of the molecule is CCn1c(=O)c(N)cc2ccccc21.Cl. The summed E-state index contributed by atoms with van der Waals surface area (Å²) >= 11 is 0. The van der Waals surface area contributed by atoms with Crippen LogP contribution in [-0.2, 0) is 6.54 Å². The first-order valence-corrected chi connectivity index (χ1v) is 4.62. The quantitative estimate of drug-likeness (QED) is 0.806. The number of pyridine rings is 1. The maximum atomic E-state index is 11.7.